The van der Waals surface area contributed by atoms with Gasteiger partial charge in [-0.15, -0.1) is 0 Å². The molecule has 0 atom stereocenters. The van der Waals surface area contributed by atoms with E-state index in [1.54, 1.807) is 0 Å². The third kappa shape index (κ3) is 4.50. The number of hydrogen-bond donors (Lipinski definition) is 0. The van der Waals surface area contributed by atoms with E-state index in [-0.39, 0.29) is 11.8 Å². The number of amides is 2. The highest BCUT2D eigenvalue weighted by atomic mass is 16.2. The van der Waals surface area contributed by atoms with Gasteiger partial charge in [0.2, 0.25) is 11.8 Å². The second kappa shape index (κ2) is 7.85. The van der Waals surface area contributed by atoms with Crippen LogP contribution in [0.5, 0.6) is 0 Å². The van der Waals surface area contributed by atoms with Crippen molar-refractivity contribution >= 4 is 11.8 Å². The van der Waals surface area contributed by atoms with Crippen molar-refractivity contribution in [1.82, 2.24) is 14.7 Å². The average molecular weight is 335 g/mol. The molecule has 3 rings (SSSR count). The first kappa shape index (κ1) is 17.7. The maximum absolute atomic E-state index is 12.7. The van der Waals surface area contributed by atoms with Crippen LogP contribution in [0.2, 0.25) is 0 Å². The third-order valence-corrected chi connectivity index (χ3v) is 5.58. The molecule has 3 fully saturated rings. The van der Waals surface area contributed by atoms with Crippen LogP contribution in [0.3, 0.4) is 0 Å². The van der Waals surface area contributed by atoms with E-state index in [2.05, 4.69) is 23.6 Å². The highest BCUT2D eigenvalue weighted by Crippen LogP contribution is 2.28. The molecule has 0 aromatic heterocycles. The minimum Gasteiger partial charge on any atom is -0.342 e. The minimum atomic E-state index is 0.185. The molecule has 1 aliphatic carbocycles. The number of carbonyl (C=O) groups excluding carboxylic acids is 2. The Kier molecular flexibility index (Phi) is 5.80. The second-order valence-corrected chi connectivity index (χ2v) is 8.25. The smallest absolute Gasteiger partial charge is 0.237 e. The van der Waals surface area contributed by atoms with Crippen molar-refractivity contribution in [1.29, 1.82) is 0 Å². The number of piperidine rings is 1. The fourth-order valence-corrected chi connectivity index (χ4v) is 4.05. The summed E-state index contributed by atoms with van der Waals surface area (Å²) in [5.41, 5.74) is 0. The Labute approximate surface area is 146 Å². The maximum atomic E-state index is 12.7. The highest BCUT2D eigenvalue weighted by molar-refractivity contribution is 5.80. The summed E-state index contributed by atoms with van der Waals surface area (Å²) in [7, 11) is 0. The van der Waals surface area contributed by atoms with Gasteiger partial charge in [0.15, 0.2) is 0 Å². The number of rotatable bonds is 6. The van der Waals surface area contributed by atoms with Crippen LogP contribution in [0.4, 0.5) is 0 Å². The Hall–Kier alpha value is -1.10. The normalized spacial score (nSPS) is 23.0. The molecule has 5 nitrogen and oxygen atoms in total. The zero-order valence-corrected chi connectivity index (χ0v) is 15.4. The summed E-state index contributed by atoms with van der Waals surface area (Å²) in [5.74, 6) is 1.36. The second-order valence-electron chi connectivity index (χ2n) is 8.25. The lowest BCUT2D eigenvalue weighted by Gasteiger charge is -2.34. The van der Waals surface area contributed by atoms with Gasteiger partial charge in [0.05, 0.1) is 6.54 Å². The number of nitrogens with zero attached hydrogens (tertiary/aromatic N) is 3. The molecule has 2 saturated heterocycles. The quantitative estimate of drug-likeness (QED) is 0.745. The van der Waals surface area contributed by atoms with Gasteiger partial charge in [-0.2, -0.15) is 0 Å². The van der Waals surface area contributed by atoms with Gasteiger partial charge in [0.25, 0.3) is 0 Å². The van der Waals surface area contributed by atoms with E-state index < -0.39 is 0 Å². The van der Waals surface area contributed by atoms with Crippen molar-refractivity contribution < 1.29 is 9.59 Å². The van der Waals surface area contributed by atoms with E-state index >= 15 is 0 Å². The molecule has 2 amide bonds. The van der Waals surface area contributed by atoms with Crippen molar-refractivity contribution in [3.05, 3.63) is 0 Å². The molecule has 5 heteroatoms. The largest absolute Gasteiger partial charge is 0.342 e. The molecule has 0 unspecified atom stereocenters. The minimum absolute atomic E-state index is 0.185. The van der Waals surface area contributed by atoms with Gasteiger partial charge in [-0.1, -0.05) is 13.8 Å². The molecule has 0 spiro atoms. The van der Waals surface area contributed by atoms with E-state index in [1.807, 2.05) is 4.90 Å². The van der Waals surface area contributed by atoms with Crippen LogP contribution in [0, 0.1) is 11.8 Å². The van der Waals surface area contributed by atoms with Crippen molar-refractivity contribution in [3.8, 4) is 0 Å². The molecule has 24 heavy (non-hydrogen) atoms. The Morgan fingerprint density at radius 2 is 1.62 bits per heavy atom. The molecule has 0 aromatic carbocycles. The van der Waals surface area contributed by atoms with E-state index in [0.717, 1.165) is 58.4 Å². The Bertz CT molecular complexity index is 448. The fraction of sp³-hybridized carbons (Fsp3) is 0.895. The Morgan fingerprint density at radius 1 is 1.00 bits per heavy atom. The zero-order chi connectivity index (χ0) is 17.1. The lowest BCUT2D eigenvalue weighted by Crippen LogP contribution is -2.47. The number of likely N-dealkylation sites (tertiary alicyclic amines) is 2. The van der Waals surface area contributed by atoms with Gasteiger partial charge < -0.3 is 9.80 Å². The third-order valence-electron chi connectivity index (χ3n) is 5.58. The molecule has 0 bridgehead atoms. The van der Waals surface area contributed by atoms with Gasteiger partial charge in [0.1, 0.15) is 0 Å². The maximum Gasteiger partial charge on any atom is 0.237 e. The van der Waals surface area contributed by atoms with E-state index in [1.165, 1.54) is 12.8 Å². The summed E-state index contributed by atoms with van der Waals surface area (Å²) < 4.78 is 0. The van der Waals surface area contributed by atoms with Gasteiger partial charge in [-0.05, 0) is 57.5 Å². The summed E-state index contributed by atoms with van der Waals surface area (Å²) in [4.78, 5) is 31.6. The molecule has 0 aromatic rings. The summed E-state index contributed by atoms with van der Waals surface area (Å²) in [6.45, 7) is 9.44. The lowest BCUT2D eigenvalue weighted by molar-refractivity contribution is -0.136. The summed E-state index contributed by atoms with van der Waals surface area (Å²) in [6, 6.07) is 0.495. The molecular formula is C19H33N3O2. The monoisotopic (exact) mass is 335 g/mol. The summed E-state index contributed by atoms with van der Waals surface area (Å²) in [5, 5.41) is 0. The SMILES string of the molecule is CC(C)CN(C(=O)CN1CCC(C(=O)N2CCCC2)CC1)C1CC1. The van der Waals surface area contributed by atoms with Crippen molar-refractivity contribution in [2.24, 2.45) is 11.8 Å². The van der Waals surface area contributed by atoms with Crippen molar-refractivity contribution in [2.45, 2.75) is 58.4 Å². The molecule has 3 aliphatic rings. The van der Waals surface area contributed by atoms with E-state index in [4.69, 9.17) is 0 Å². The zero-order valence-electron chi connectivity index (χ0n) is 15.4. The van der Waals surface area contributed by atoms with Crippen molar-refractivity contribution in [3.63, 3.8) is 0 Å². The van der Waals surface area contributed by atoms with Crippen LogP contribution in [0.1, 0.15) is 52.4 Å². The average Bonchev–Trinajstić information content (AvgIpc) is 3.25. The number of hydrogen-bond acceptors (Lipinski definition) is 3. The van der Waals surface area contributed by atoms with Crippen LogP contribution in [-0.4, -0.2) is 71.8 Å². The van der Waals surface area contributed by atoms with Gasteiger partial charge in [-0.25, -0.2) is 0 Å². The van der Waals surface area contributed by atoms with E-state index in [9.17, 15) is 9.59 Å². The molecule has 0 radical (unpaired) electrons. The summed E-state index contributed by atoms with van der Waals surface area (Å²) in [6.07, 6.45) is 6.49. The first-order chi connectivity index (χ1) is 11.5. The van der Waals surface area contributed by atoms with Crippen LogP contribution < -0.4 is 0 Å². The summed E-state index contributed by atoms with van der Waals surface area (Å²) >= 11 is 0. The first-order valence-corrected chi connectivity index (χ1v) is 9.85. The Morgan fingerprint density at radius 3 is 2.17 bits per heavy atom. The van der Waals surface area contributed by atoms with Crippen LogP contribution in [-0.2, 0) is 9.59 Å². The molecule has 2 aliphatic heterocycles. The van der Waals surface area contributed by atoms with Crippen molar-refractivity contribution in [2.75, 3.05) is 39.3 Å². The standard InChI is InChI=1S/C19H33N3O2/c1-15(2)13-22(17-5-6-17)18(23)14-20-11-7-16(8-12-20)19(24)21-9-3-4-10-21/h15-17H,3-14H2,1-2H3. The van der Waals surface area contributed by atoms with Gasteiger partial charge >= 0.3 is 0 Å². The van der Waals surface area contributed by atoms with Crippen LogP contribution in [0.25, 0.3) is 0 Å². The highest BCUT2D eigenvalue weighted by Gasteiger charge is 2.35. The lowest BCUT2D eigenvalue weighted by atomic mass is 9.95. The molecular weight excluding hydrogens is 302 g/mol. The topological polar surface area (TPSA) is 43.9 Å². The van der Waals surface area contributed by atoms with Crippen LogP contribution >= 0.6 is 0 Å². The molecule has 2 heterocycles. The molecule has 1 saturated carbocycles. The Balaban J connectivity index is 1.44. The molecule has 136 valence electrons. The molecule has 0 N–H and O–H groups in total. The van der Waals surface area contributed by atoms with Crippen LogP contribution in [0.15, 0.2) is 0 Å². The predicted molar refractivity (Wildman–Crippen MR) is 94.6 cm³/mol. The fourth-order valence-electron chi connectivity index (χ4n) is 4.05. The first-order valence-electron chi connectivity index (χ1n) is 9.85. The predicted octanol–water partition coefficient (Wildman–Crippen LogP) is 1.97. The van der Waals surface area contributed by atoms with E-state index in [0.29, 0.717) is 24.4 Å². The number of carbonyl (C=O) groups is 2. The van der Waals surface area contributed by atoms with Gasteiger partial charge in [0, 0.05) is 31.6 Å². The van der Waals surface area contributed by atoms with Gasteiger partial charge in [-0.3, -0.25) is 14.5 Å².